The average Bonchev–Trinajstić information content (AvgIpc) is 3.39. The van der Waals surface area contributed by atoms with Crippen LogP contribution in [0.2, 0.25) is 0 Å². The number of ether oxygens (including phenoxy) is 3. The minimum Gasteiger partial charge on any atom is -0.462 e. The molecule has 0 amide bonds. The Morgan fingerprint density at radius 3 is 1.08 bits per heavy atom. The van der Waals surface area contributed by atoms with Crippen LogP contribution in [0.3, 0.4) is 0 Å². The predicted octanol–water partition coefficient (Wildman–Crippen LogP) is 18.4. The van der Waals surface area contributed by atoms with Crippen LogP contribution >= 0.6 is 7.82 Å². The van der Waals surface area contributed by atoms with Crippen molar-refractivity contribution in [3.8, 4) is 0 Å². The van der Waals surface area contributed by atoms with Gasteiger partial charge in [0.05, 0.1) is 19.8 Å². The number of hydrogen-bond acceptors (Lipinski definition) is 10. The zero-order chi connectivity index (χ0) is 54.1. The molecule has 3 unspecified atom stereocenters. The van der Waals surface area contributed by atoms with Gasteiger partial charge in [0.25, 0.3) is 0 Å². The first-order chi connectivity index (χ1) is 36.2. The number of hydrogen-bond donors (Lipinski definition) is 2. The first-order valence-electron chi connectivity index (χ1n) is 30.9. The van der Waals surface area contributed by atoms with Crippen LogP contribution in [0.4, 0.5) is 0 Å². The van der Waals surface area contributed by atoms with Gasteiger partial charge in [0.1, 0.15) is 12.7 Å². The van der Waals surface area contributed by atoms with Crippen molar-refractivity contribution < 1.29 is 52.2 Å². The van der Waals surface area contributed by atoms with Gasteiger partial charge in [-0.1, -0.05) is 269 Å². The largest absolute Gasteiger partial charge is 0.472 e. The van der Waals surface area contributed by atoms with E-state index in [2.05, 4.69) is 57.2 Å². The maximum absolute atomic E-state index is 12.9. The number of aliphatic hydroxyl groups excluding tert-OH is 1. The lowest BCUT2D eigenvalue weighted by Crippen LogP contribution is -2.30. The summed E-state index contributed by atoms with van der Waals surface area (Å²) in [4.78, 5) is 48.6. The monoisotopic (exact) mass is 1070 g/mol. The minimum atomic E-state index is -4.75. The summed E-state index contributed by atoms with van der Waals surface area (Å²) < 4.78 is 39.6. The van der Waals surface area contributed by atoms with Gasteiger partial charge in [0.15, 0.2) is 6.10 Å². The van der Waals surface area contributed by atoms with Crippen molar-refractivity contribution in [3.63, 3.8) is 0 Å². The molecule has 0 radical (unpaired) electrons. The number of carbonyl (C=O) groups is 3. The second-order valence-electron chi connectivity index (χ2n) is 20.9. The van der Waals surface area contributed by atoms with Crippen LogP contribution in [0.15, 0.2) is 36.5 Å². The lowest BCUT2D eigenvalue weighted by Gasteiger charge is -2.21. The highest BCUT2D eigenvalue weighted by molar-refractivity contribution is 7.47. The third-order valence-corrected chi connectivity index (χ3v) is 14.5. The van der Waals surface area contributed by atoms with E-state index in [1.165, 1.54) is 154 Å². The summed E-state index contributed by atoms with van der Waals surface area (Å²) in [5.74, 6) is -1.45. The third-order valence-electron chi connectivity index (χ3n) is 13.6. The number of phosphoric ester groups is 1. The number of unbranched alkanes of at least 4 members (excludes halogenated alkanes) is 35. The van der Waals surface area contributed by atoms with Gasteiger partial charge < -0.3 is 24.2 Å². The van der Waals surface area contributed by atoms with Crippen molar-refractivity contribution in [1.82, 2.24) is 0 Å². The molecule has 0 aromatic rings. The molecule has 434 valence electrons. The van der Waals surface area contributed by atoms with Crippen LogP contribution < -0.4 is 0 Å². The van der Waals surface area contributed by atoms with Gasteiger partial charge in [-0.3, -0.25) is 23.4 Å². The van der Waals surface area contributed by atoms with Crippen LogP contribution in [0, 0.1) is 0 Å². The molecule has 0 spiro atoms. The fourth-order valence-electron chi connectivity index (χ4n) is 8.90. The van der Waals surface area contributed by atoms with Crippen LogP contribution in [-0.2, 0) is 42.2 Å². The van der Waals surface area contributed by atoms with Gasteiger partial charge in [0.2, 0.25) is 0 Å². The van der Waals surface area contributed by atoms with E-state index in [1.54, 1.807) is 0 Å². The molecule has 0 heterocycles. The number of esters is 3. The lowest BCUT2D eigenvalue weighted by atomic mass is 10.0. The van der Waals surface area contributed by atoms with Crippen molar-refractivity contribution >= 4 is 25.7 Å². The fourth-order valence-corrected chi connectivity index (χ4v) is 9.69. The van der Waals surface area contributed by atoms with E-state index in [4.69, 9.17) is 23.3 Å². The molecule has 0 saturated heterocycles. The Labute approximate surface area is 454 Å². The van der Waals surface area contributed by atoms with Crippen molar-refractivity contribution in [2.45, 2.75) is 315 Å². The van der Waals surface area contributed by atoms with Gasteiger partial charge in [0, 0.05) is 19.3 Å². The molecule has 12 heteroatoms. The van der Waals surface area contributed by atoms with Crippen molar-refractivity contribution in [2.75, 3.05) is 26.4 Å². The van der Waals surface area contributed by atoms with Crippen molar-refractivity contribution in [1.29, 1.82) is 0 Å². The molecule has 0 aromatic carbocycles. The van der Waals surface area contributed by atoms with Crippen molar-refractivity contribution in [3.05, 3.63) is 36.5 Å². The van der Waals surface area contributed by atoms with E-state index >= 15 is 0 Å². The summed E-state index contributed by atoms with van der Waals surface area (Å²) in [6.07, 6.45) is 59.5. The Morgan fingerprint density at radius 1 is 0.392 bits per heavy atom. The number of carbonyl (C=O) groups excluding carboxylic acids is 3. The van der Waals surface area contributed by atoms with Gasteiger partial charge in [-0.2, -0.15) is 0 Å². The van der Waals surface area contributed by atoms with Gasteiger partial charge in [-0.25, -0.2) is 4.57 Å². The van der Waals surface area contributed by atoms with E-state index in [0.29, 0.717) is 19.3 Å². The molecule has 0 fully saturated rings. The van der Waals surface area contributed by atoms with Crippen LogP contribution in [0.25, 0.3) is 0 Å². The summed E-state index contributed by atoms with van der Waals surface area (Å²) in [6, 6.07) is 0. The van der Waals surface area contributed by atoms with Crippen LogP contribution in [0.1, 0.15) is 303 Å². The standard InChI is InChI=1S/C62H115O11P/c1-4-7-10-13-16-19-22-25-27-29-31-34-36-39-42-45-48-51-60(64)69-55-59(73-62(66)53-50-47-44-41-38-35-32-30-28-26-23-20-17-14-11-8-5-2)57-71-74(67,68)70-56-58(54-63)72-61(65)52-49-46-43-40-37-33-24-21-18-15-12-9-6-3/h8,11,17,20,26,28,58-59,63H,4-7,9-10,12-16,18-19,21-25,27,29-57H2,1-3H3,(H,67,68)/b11-8-,20-17-,28-26-. The van der Waals surface area contributed by atoms with Gasteiger partial charge in [-0.15, -0.1) is 0 Å². The molecule has 0 aliphatic heterocycles. The minimum absolute atomic E-state index is 0.161. The van der Waals surface area contributed by atoms with E-state index in [0.717, 1.165) is 89.9 Å². The maximum atomic E-state index is 12.9. The fraction of sp³-hybridized carbons (Fsp3) is 0.855. The number of rotatable bonds is 58. The summed E-state index contributed by atoms with van der Waals surface area (Å²) >= 11 is 0. The summed E-state index contributed by atoms with van der Waals surface area (Å²) in [7, 11) is -4.75. The van der Waals surface area contributed by atoms with Gasteiger partial charge >= 0.3 is 25.7 Å². The second-order valence-corrected chi connectivity index (χ2v) is 22.3. The molecule has 0 aliphatic carbocycles. The average molecular weight is 1070 g/mol. The topological polar surface area (TPSA) is 155 Å². The molecule has 11 nitrogen and oxygen atoms in total. The zero-order valence-corrected chi connectivity index (χ0v) is 49.0. The first-order valence-corrected chi connectivity index (χ1v) is 32.4. The highest BCUT2D eigenvalue weighted by Gasteiger charge is 2.28. The Morgan fingerprint density at radius 2 is 0.703 bits per heavy atom. The number of phosphoric acid groups is 1. The molecule has 0 aliphatic rings. The Balaban J connectivity index is 4.69. The number of aliphatic hydroxyl groups is 1. The predicted molar refractivity (Wildman–Crippen MR) is 307 cm³/mol. The second kappa shape index (κ2) is 56.9. The molecule has 0 saturated carbocycles. The third kappa shape index (κ3) is 54.5. The zero-order valence-electron chi connectivity index (χ0n) is 48.1. The molecule has 0 bridgehead atoms. The molecular weight excluding hydrogens is 952 g/mol. The normalized spacial score (nSPS) is 13.5. The highest BCUT2D eigenvalue weighted by Crippen LogP contribution is 2.43. The smallest absolute Gasteiger partial charge is 0.462 e. The lowest BCUT2D eigenvalue weighted by molar-refractivity contribution is -0.161. The maximum Gasteiger partial charge on any atom is 0.472 e. The molecular formula is C62H115O11P. The SMILES string of the molecule is CC/C=C\C/C=C\C/C=C\CCCCCCCCCC(=O)OC(COC(=O)CCCCCCCCCCCCCCCCCCC)COP(=O)(O)OCC(CO)OC(=O)CCCCCCCCCCCCCCC. The molecule has 3 atom stereocenters. The number of allylic oxidation sites excluding steroid dienone is 6. The molecule has 74 heavy (non-hydrogen) atoms. The summed E-state index contributed by atoms with van der Waals surface area (Å²) in [5, 5.41) is 9.82. The molecule has 2 N–H and O–H groups in total. The molecule has 0 aromatic heterocycles. The van der Waals surface area contributed by atoms with Crippen LogP contribution in [0.5, 0.6) is 0 Å². The first kappa shape index (κ1) is 71.7. The Kier molecular flexibility index (Phi) is 55.1. The van der Waals surface area contributed by atoms with E-state index < -0.39 is 57.8 Å². The van der Waals surface area contributed by atoms with Crippen molar-refractivity contribution in [2.24, 2.45) is 0 Å². The van der Waals surface area contributed by atoms with Crippen LogP contribution in [-0.4, -0.2) is 66.5 Å². The highest BCUT2D eigenvalue weighted by atomic mass is 31.2. The van der Waals surface area contributed by atoms with Gasteiger partial charge in [-0.05, 0) is 51.4 Å². The summed E-state index contributed by atoms with van der Waals surface area (Å²) in [6.45, 7) is 4.58. The summed E-state index contributed by atoms with van der Waals surface area (Å²) in [5.41, 5.74) is 0. The van der Waals surface area contributed by atoms with E-state index in [-0.39, 0.29) is 25.9 Å². The van der Waals surface area contributed by atoms with E-state index in [1.807, 2.05) is 0 Å². The quantitative estimate of drug-likeness (QED) is 0.0197. The van der Waals surface area contributed by atoms with E-state index in [9.17, 15) is 28.9 Å². The molecule has 0 rings (SSSR count). The Hall–Kier alpha value is -2.30. The Bertz CT molecular complexity index is 1380.